The quantitative estimate of drug-likeness (QED) is 0.926. The minimum Gasteiger partial charge on any atom is -0.348 e. The number of sulfone groups is 1. The van der Waals surface area contributed by atoms with Crippen molar-refractivity contribution >= 4 is 27.3 Å². The molecular formula is C17H16ClNO3S. The molecule has 0 atom stereocenters. The van der Waals surface area contributed by atoms with Crippen LogP contribution in [0.3, 0.4) is 0 Å². The van der Waals surface area contributed by atoms with E-state index in [-0.39, 0.29) is 11.7 Å². The summed E-state index contributed by atoms with van der Waals surface area (Å²) in [6.07, 6.45) is 1.28. The van der Waals surface area contributed by atoms with E-state index < -0.39 is 9.84 Å². The van der Waals surface area contributed by atoms with Gasteiger partial charge in [0.2, 0.25) is 0 Å². The van der Waals surface area contributed by atoms with E-state index in [9.17, 15) is 13.2 Å². The third-order valence-corrected chi connectivity index (χ3v) is 6.18. The zero-order chi connectivity index (χ0) is 16.4. The van der Waals surface area contributed by atoms with Crippen molar-refractivity contribution in [2.45, 2.75) is 24.3 Å². The summed E-state index contributed by atoms with van der Waals surface area (Å²) in [5.41, 5.74) is 2.03. The second kappa shape index (κ2) is 6.34. The normalized spacial score (nSPS) is 15.7. The van der Waals surface area contributed by atoms with Crippen LogP contribution in [0.5, 0.6) is 0 Å². The first-order chi connectivity index (χ1) is 11.0. The van der Waals surface area contributed by atoms with E-state index in [4.69, 9.17) is 11.6 Å². The van der Waals surface area contributed by atoms with Crippen LogP contribution in [-0.2, 0) is 22.8 Å². The van der Waals surface area contributed by atoms with Crippen molar-refractivity contribution in [3.63, 3.8) is 0 Å². The summed E-state index contributed by atoms with van der Waals surface area (Å²) < 4.78 is 24.0. The van der Waals surface area contributed by atoms with Crippen molar-refractivity contribution in [1.29, 1.82) is 0 Å². The summed E-state index contributed by atoms with van der Waals surface area (Å²) in [6, 6.07) is 12.1. The highest BCUT2D eigenvalue weighted by Crippen LogP contribution is 2.26. The van der Waals surface area contributed by atoms with Crippen LogP contribution in [0.15, 0.2) is 47.4 Å². The highest BCUT2D eigenvalue weighted by atomic mass is 35.5. The molecule has 6 heteroatoms. The van der Waals surface area contributed by atoms with Gasteiger partial charge >= 0.3 is 0 Å². The molecule has 1 aliphatic rings. The number of nitrogens with one attached hydrogen (secondary N) is 1. The van der Waals surface area contributed by atoms with E-state index >= 15 is 0 Å². The van der Waals surface area contributed by atoms with Crippen LogP contribution in [0.25, 0.3) is 0 Å². The number of hydrogen-bond acceptors (Lipinski definition) is 3. The average Bonchev–Trinajstić information content (AvgIpc) is 2.53. The number of carbonyl (C=O) groups excluding carboxylic acids is 1. The maximum absolute atomic E-state index is 12.3. The van der Waals surface area contributed by atoms with Crippen LogP contribution in [0, 0.1) is 0 Å². The number of carbonyl (C=O) groups is 1. The molecule has 1 heterocycles. The van der Waals surface area contributed by atoms with Crippen molar-refractivity contribution in [3.05, 3.63) is 64.2 Å². The van der Waals surface area contributed by atoms with Crippen LogP contribution in [0.1, 0.15) is 27.9 Å². The number of fused-ring (bicyclic) bond motifs is 1. The number of halogens is 1. The lowest BCUT2D eigenvalue weighted by Crippen LogP contribution is -2.24. The monoisotopic (exact) mass is 349 g/mol. The van der Waals surface area contributed by atoms with E-state index in [2.05, 4.69) is 5.32 Å². The van der Waals surface area contributed by atoms with Gasteiger partial charge in [0, 0.05) is 17.1 Å². The summed E-state index contributed by atoms with van der Waals surface area (Å²) in [5.74, 6) is -0.0615. The first kappa shape index (κ1) is 16.0. The predicted octanol–water partition coefficient (Wildman–Crippen LogP) is 2.99. The zero-order valence-electron chi connectivity index (χ0n) is 12.4. The summed E-state index contributed by atoms with van der Waals surface area (Å²) in [7, 11) is -3.19. The van der Waals surface area contributed by atoms with Gasteiger partial charge in [-0.25, -0.2) is 8.42 Å². The highest BCUT2D eigenvalue weighted by molar-refractivity contribution is 7.91. The smallest absolute Gasteiger partial charge is 0.251 e. The Morgan fingerprint density at radius 2 is 1.96 bits per heavy atom. The van der Waals surface area contributed by atoms with Gasteiger partial charge < -0.3 is 5.32 Å². The molecule has 3 rings (SSSR count). The number of rotatable bonds is 3. The maximum Gasteiger partial charge on any atom is 0.251 e. The second-order valence-corrected chi connectivity index (χ2v) is 8.00. The minimum atomic E-state index is -3.19. The lowest BCUT2D eigenvalue weighted by molar-refractivity contribution is 0.0950. The van der Waals surface area contributed by atoms with E-state index in [1.807, 2.05) is 18.2 Å². The van der Waals surface area contributed by atoms with Crippen molar-refractivity contribution in [2.75, 3.05) is 5.75 Å². The van der Waals surface area contributed by atoms with Gasteiger partial charge in [0.15, 0.2) is 9.84 Å². The molecular weight excluding hydrogens is 334 g/mol. The van der Waals surface area contributed by atoms with Crippen molar-refractivity contribution < 1.29 is 13.2 Å². The fourth-order valence-corrected chi connectivity index (χ4v) is 4.48. The topological polar surface area (TPSA) is 63.2 Å². The Morgan fingerprint density at radius 1 is 1.17 bits per heavy atom. The third kappa shape index (κ3) is 3.41. The molecule has 2 aromatic rings. The fourth-order valence-electron chi connectivity index (χ4n) is 2.70. The molecule has 1 aliphatic heterocycles. The zero-order valence-corrected chi connectivity index (χ0v) is 14.0. The molecule has 0 saturated carbocycles. The molecule has 23 heavy (non-hydrogen) atoms. The molecule has 0 unspecified atom stereocenters. The van der Waals surface area contributed by atoms with Gasteiger partial charge in [-0.2, -0.15) is 0 Å². The lowest BCUT2D eigenvalue weighted by Gasteiger charge is -2.17. The van der Waals surface area contributed by atoms with E-state index in [0.717, 1.165) is 11.1 Å². The molecule has 0 fully saturated rings. The lowest BCUT2D eigenvalue weighted by atomic mass is 10.1. The van der Waals surface area contributed by atoms with Crippen LogP contribution in [0.2, 0.25) is 5.02 Å². The summed E-state index contributed by atoms with van der Waals surface area (Å²) in [4.78, 5) is 12.6. The summed E-state index contributed by atoms with van der Waals surface area (Å²) in [5, 5.41) is 3.41. The van der Waals surface area contributed by atoms with E-state index in [1.54, 1.807) is 18.2 Å². The summed E-state index contributed by atoms with van der Waals surface area (Å²) in [6.45, 7) is 0.327. The number of hydrogen-bond donors (Lipinski definition) is 1. The average molecular weight is 350 g/mol. The van der Waals surface area contributed by atoms with Gasteiger partial charge in [-0.1, -0.05) is 29.8 Å². The first-order valence-corrected chi connectivity index (χ1v) is 9.38. The molecule has 0 aliphatic carbocycles. The Balaban J connectivity index is 1.77. The van der Waals surface area contributed by atoms with E-state index in [1.165, 1.54) is 6.07 Å². The van der Waals surface area contributed by atoms with Crippen LogP contribution >= 0.6 is 11.6 Å². The van der Waals surface area contributed by atoms with Crippen molar-refractivity contribution in [1.82, 2.24) is 5.32 Å². The van der Waals surface area contributed by atoms with Gasteiger partial charge in [0.1, 0.15) is 0 Å². The Hall–Kier alpha value is -1.85. The Kier molecular flexibility index (Phi) is 4.41. The van der Waals surface area contributed by atoms with Crippen LogP contribution < -0.4 is 5.32 Å². The standard InChI is InChI=1S/C17H16ClNO3S/c18-15-6-2-1-4-14(15)11-19-17(20)13-7-8-16-12(10-13)5-3-9-23(16,21)22/h1-2,4,6-8,10H,3,5,9,11H2,(H,19,20). The van der Waals surface area contributed by atoms with Gasteiger partial charge in [-0.3, -0.25) is 4.79 Å². The van der Waals surface area contributed by atoms with Gasteiger partial charge in [-0.05, 0) is 48.2 Å². The molecule has 0 spiro atoms. The molecule has 1 N–H and O–H groups in total. The largest absolute Gasteiger partial charge is 0.348 e. The van der Waals surface area contributed by atoms with E-state index in [0.29, 0.717) is 34.9 Å². The highest BCUT2D eigenvalue weighted by Gasteiger charge is 2.24. The van der Waals surface area contributed by atoms with Crippen molar-refractivity contribution in [3.8, 4) is 0 Å². The van der Waals surface area contributed by atoms with Gasteiger partial charge in [0.05, 0.1) is 10.6 Å². The molecule has 0 aromatic heterocycles. The Bertz CT molecular complexity index is 862. The van der Waals surface area contributed by atoms with Crippen LogP contribution in [-0.4, -0.2) is 20.1 Å². The van der Waals surface area contributed by atoms with Gasteiger partial charge in [-0.15, -0.1) is 0 Å². The fraction of sp³-hybridized carbons (Fsp3) is 0.235. The predicted molar refractivity (Wildman–Crippen MR) is 89.4 cm³/mol. The van der Waals surface area contributed by atoms with Crippen LogP contribution in [0.4, 0.5) is 0 Å². The van der Waals surface area contributed by atoms with Crippen molar-refractivity contribution in [2.24, 2.45) is 0 Å². The molecule has 0 radical (unpaired) electrons. The minimum absolute atomic E-state index is 0.179. The Morgan fingerprint density at radius 3 is 2.74 bits per heavy atom. The first-order valence-electron chi connectivity index (χ1n) is 7.35. The van der Waals surface area contributed by atoms with Gasteiger partial charge in [0.25, 0.3) is 5.91 Å². The molecule has 0 saturated heterocycles. The molecule has 120 valence electrons. The number of amides is 1. The number of aryl methyl sites for hydroxylation is 1. The molecule has 4 nitrogen and oxygen atoms in total. The Labute approximate surface area is 140 Å². The number of benzene rings is 2. The molecule has 1 amide bonds. The maximum atomic E-state index is 12.3. The molecule has 0 bridgehead atoms. The SMILES string of the molecule is O=C(NCc1ccccc1Cl)c1ccc2c(c1)CCCS2(=O)=O. The summed E-state index contributed by atoms with van der Waals surface area (Å²) >= 11 is 6.06. The second-order valence-electron chi connectivity index (χ2n) is 5.52. The third-order valence-electron chi connectivity index (χ3n) is 3.91. The molecule has 2 aromatic carbocycles.